The molecule has 2 aromatic carbocycles. The molecule has 1 aromatic heterocycles. The molecule has 1 fully saturated rings. The van der Waals surface area contributed by atoms with Crippen LogP contribution in [0.3, 0.4) is 0 Å². The number of carbonyl (C=O) groups is 2. The van der Waals surface area contributed by atoms with Crippen molar-refractivity contribution in [2.75, 3.05) is 24.4 Å². The van der Waals surface area contributed by atoms with Crippen molar-refractivity contribution in [2.24, 2.45) is 5.92 Å². The maximum atomic E-state index is 13.7. The molecule has 2 heterocycles. The fourth-order valence-corrected chi connectivity index (χ4v) is 6.15. The number of benzene rings is 2. The number of aromatic nitrogens is 2. The first-order valence-electron chi connectivity index (χ1n) is 14.8. The number of β-amino-alcohol motifs (C(OH)–C–C–N with tert-alkyl or cyclic N) is 1. The van der Waals surface area contributed by atoms with Gasteiger partial charge in [-0.05, 0) is 88.2 Å². The highest BCUT2D eigenvalue weighted by Crippen LogP contribution is 2.30. The average molecular weight is 640 g/mol. The Morgan fingerprint density at radius 3 is 2.43 bits per heavy atom. The van der Waals surface area contributed by atoms with Gasteiger partial charge >= 0.3 is 6.09 Å². The number of aryl methyl sites for hydroxylation is 2. The molecule has 236 valence electrons. The van der Waals surface area contributed by atoms with Crippen LogP contribution in [-0.4, -0.2) is 74.3 Å². The van der Waals surface area contributed by atoms with Crippen molar-refractivity contribution >= 4 is 41.5 Å². The van der Waals surface area contributed by atoms with E-state index in [1.165, 1.54) is 11.9 Å². The fourth-order valence-electron chi connectivity index (χ4n) is 5.33. The Labute approximate surface area is 269 Å². The van der Waals surface area contributed by atoms with Gasteiger partial charge in [-0.2, -0.15) is 0 Å². The molecule has 2 amide bonds. The number of rotatable bonds is 7. The number of halogens is 1. The summed E-state index contributed by atoms with van der Waals surface area (Å²) in [6, 6.07) is 14.6. The molecule has 3 aromatic rings. The molecule has 0 saturated carbocycles. The Hall–Kier alpha value is -3.34. The van der Waals surface area contributed by atoms with Gasteiger partial charge in [-0.1, -0.05) is 49.7 Å². The van der Waals surface area contributed by atoms with Gasteiger partial charge in [0.25, 0.3) is 5.91 Å². The minimum atomic E-state index is -0.915. The van der Waals surface area contributed by atoms with E-state index < -0.39 is 23.8 Å². The van der Waals surface area contributed by atoms with Gasteiger partial charge in [0.15, 0.2) is 0 Å². The Morgan fingerprint density at radius 2 is 1.77 bits per heavy atom. The van der Waals surface area contributed by atoms with E-state index in [1.807, 2.05) is 72.7 Å². The van der Waals surface area contributed by atoms with Crippen LogP contribution in [0.15, 0.2) is 53.4 Å². The molecule has 1 aliphatic rings. The van der Waals surface area contributed by atoms with E-state index in [0.29, 0.717) is 23.1 Å². The Balaban J connectivity index is 1.49. The van der Waals surface area contributed by atoms with Crippen molar-refractivity contribution in [3.63, 3.8) is 0 Å². The van der Waals surface area contributed by atoms with Crippen LogP contribution in [0.1, 0.15) is 62.5 Å². The number of hydrogen-bond acceptors (Lipinski definition) is 8. The number of aliphatic hydroxyl groups excluding tert-OH is 1. The van der Waals surface area contributed by atoms with Crippen molar-refractivity contribution in [3.05, 3.63) is 70.4 Å². The summed E-state index contributed by atoms with van der Waals surface area (Å²) in [5.41, 5.74) is 3.72. The maximum absolute atomic E-state index is 13.7. The van der Waals surface area contributed by atoms with Crippen molar-refractivity contribution in [1.82, 2.24) is 19.8 Å². The maximum Gasteiger partial charge on any atom is 0.410 e. The van der Waals surface area contributed by atoms with Crippen LogP contribution in [-0.2, 0) is 4.74 Å². The second-order valence-electron chi connectivity index (χ2n) is 12.6. The zero-order chi connectivity index (χ0) is 32.2. The number of carbonyl (C=O) groups excluding carboxylic acids is 2. The van der Waals surface area contributed by atoms with Crippen molar-refractivity contribution in [1.29, 1.82) is 0 Å². The third-order valence-corrected chi connectivity index (χ3v) is 8.23. The van der Waals surface area contributed by atoms with Gasteiger partial charge in [0.1, 0.15) is 10.8 Å². The molecular weight excluding hydrogens is 598 g/mol. The van der Waals surface area contributed by atoms with Crippen LogP contribution < -0.4 is 4.72 Å². The molecule has 1 aliphatic heterocycles. The normalized spacial score (nSPS) is 17.4. The molecule has 0 radical (unpaired) electrons. The molecule has 1 saturated heterocycles. The SMILES string of the molecule is Cc1cccc(C)c1-c1cc(Cl)nc(NSc2cccc(C(=O)N3CCN(C(=O)OC(C)(C)C)[C@@H](CC(C)C)[C@@H](O)C3)c2)n1. The molecule has 0 unspecified atom stereocenters. The van der Waals surface area contributed by atoms with Crippen molar-refractivity contribution in [3.8, 4) is 11.3 Å². The predicted molar refractivity (Wildman–Crippen MR) is 176 cm³/mol. The lowest BCUT2D eigenvalue weighted by atomic mass is 9.98. The van der Waals surface area contributed by atoms with Crippen LogP contribution in [0, 0.1) is 19.8 Å². The number of nitrogens with zero attached hydrogens (tertiary/aromatic N) is 4. The third-order valence-electron chi connectivity index (χ3n) is 7.26. The van der Waals surface area contributed by atoms with Gasteiger partial charge in [-0.15, -0.1) is 0 Å². The minimum Gasteiger partial charge on any atom is -0.444 e. The number of hydrogen-bond donors (Lipinski definition) is 2. The monoisotopic (exact) mass is 639 g/mol. The fraction of sp³-hybridized carbons (Fsp3) is 0.455. The van der Waals surface area contributed by atoms with Crippen LogP contribution >= 0.6 is 23.5 Å². The number of anilines is 1. The lowest BCUT2D eigenvalue weighted by Crippen LogP contribution is -2.49. The Kier molecular flexibility index (Phi) is 10.8. The van der Waals surface area contributed by atoms with E-state index in [2.05, 4.69) is 14.7 Å². The number of ether oxygens (including phenoxy) is 1. The second-order valence-corrected chi connectivity index (χ2v) is 13.9. The van der Waals surface area contributed by atoms with Gasteiger partial charge in [0, 0.05) is 41.7 Å². The third kappa shape index (κ3) is 8.64. The molecule has 0 bridgehead atoms. The summed E-state index contributed by atoms with van der Waals surface area (Å²) in [6.07, 6.45) is -0.802. The van der Waals surface area contributed by atoms with E-state index in [9.17, 15) is 14.7 Å². The van der Waals surface area contributed by atoms with Crippen molar-refractivity contribution < 1.29 is 19.4 Å². The van der Waals surface area contributed by atoms with Gasteiger partial charge in [-0.25, -0.2) is 14.8 Å². The largest absolute Gasteiger partial charge is 0.444 e. The number of amides is 2. The highest BCUT2D eigenvalue weighted by atomic mass is 35.5. The lowest BCUT2D eigenvalue weighted by Gasteiger charge is -2.34. The molecule has 9 nitrogen and oxygen atoms in total. The average Bonchev–Trinajstić information content (AvgIpc) is 3.09. The van der Waals surface area contributed by atoms with Gasteiger partial charge in [0.05, 0.1) is 17.8 Å². The molecular formula is C33H42ClN5O4S. The molecule has 0 aliphatic carbocycles. The van der Waals surface area contributed by atoms with Gasteiger partial charge < -0.3 is 19.6 Å². The standard InChI is InChI=1S/C33H42ClN5O4S/c1-20(2)16-26-27(40)19-38(14-15-39(26)32(42)43-33(5,6)7)30(41)23-12-9-13-24(17-23)44-37-31-35-25(18-28(34)36-31)29-21(3)10-8-11-22(29)4/h8-13,17-18,20,26-27,40H,14-16,19H2,1-7H3,(H,35,36,37)/t26-,27-/m0/s1. The minimum absolute atomic E-state index is 0.114. The summed E-state index contributed by atoms with van der Waals surface area (Å²) in [7, 11) is 0. The lowest BCUT2D eigenvalue weighted by molar-refractivity contribution is -0.00407. The predicted octanol–water partition coefficient (Wildman–Crippen LogP) is 7.00. The number of aliphatic hydroxyl groups is 1. The summed E-state index contributed by atoms with van der Waals surface area (Å²) in [5, 5.41) is 11.5. The summed E-state index contributed by atoms with van der Waals surface area (Å²) < 4.78 is 8.81. The molecule has 44 heavy (non-hydrogen) atoms. The summed E-state index contributed by atoms with van der Waals surface area (Å²) in [4.78, 5) is 39.8. The van der Waals surface area contributed by atoms with Crippen LogP contribution in [0.2, 0.25) is 5.15 Å². The zero-order valence-corrected chi connectivity index (χ0v) is 28.0. The zero-order valence-electron chi connectivity index (χ0n) is 26.4. The summed E-state index contributed by atoms with van der Waals surface area (Å²) >= 11 is 7.63. The summed E-state index contributed by atoms with van der Waals surface area (Å²) in [6.45, 7) is 14.3. The second kappa shape index (κ2) is 14.2. The quantitative estimate of drug-likeness (QED) is 0.210. The molecule has 0 spiro atoms. The Bertz CT molecular complexity index is 1470. The van der Waals surface area contributed by atoms with Crippen molar-refractivity contribution in [2.45, 2.75) is 77.5 Å². The molecule has 2 N–H and O–H groups in total. The topological polar surface area (TPSA) is 108 Å². The van der Waals surface area contributed by atoms with E-state index in [1.54, 1.807) is 34.1 Å². The van der Waals surface area contributed by atoms with Crippen LogP contribution in [0.4, 0.5) is 10.7 Å². The first-order valence-corrected chi connectivity index (χ1v) is 16.0. The number of nitrogens with one attached hydrogen (secondary N) is 1. The van der Waals surface area contributed by atoms with Crippen LogP contribution in [0.5, 0.6) is 0 Å². The Morgan fingerprint density at radius 1 is 1.09 bits per heavy atom. The highest BCUT2D eigenvalue weighted by Gasteiger charge is 2.38. The first-order chi connectivity index (χ1) is 20.7. The van der Waals surface area contributed by atoms with Crippen LogP contribution in [0.25, 0.3) is 11.3 Å². The molecule has 11 heteroatoms. The van der Waals surface area contributed by atoms with Gasteiger partial charge in [0.2, 0.25) is 5.95 Å². The van der Waals surface area contributed by atoms with E-state index in [-0.39, 0.29) is 31.5 Å². The van der Waals surface area contributed by atoms with E-state index >= 15 is 0 Å². The van der Waals surface area contributed by atoms with E-state index in [4.69, 9.17) is 16.3 Å². The molecule has 4 rings (SSSR count). The van der Waals surface area contributed by atoms with Gasteiger partial charge in [-0.3, -0.25) is 9.52 Å². The molecule has 2 atom stereocenters. The highest BCUT2D eigenvalue weighted by molar-refractivity contribution is 8.00. The van der Waals surface area contributed by atoms with E-state index in [0.717, 1.165) is 27.3 Å². The first kappa shape index (κ1) is 33.6. The summed E-state index contributed by atoms with van der Waals surface area (Å²) in [5.74, 6) is 0.367. The smallest absolute Gasteiger partial charge is 0.410 e.